The van der Waals surface area contributed by atoms with Crippen molar-refractivity contribution in [3.05, 3.63) is 0 Å². The number of thioether (sulfide) groups is 1. The average Bonchev–Trinajstić information content (AvgIpc) is 2.56. The summed E-state index contributed by atoms with van der Waals surface area (Å²) in [7, 11) is 2.24. The van der Waals surface area contributed by atoms with Gasteiger partial charge in [-0.3, -0.25) is 0 Å². The highest BCUT2D eigenvalue weighted by Crippen LogP contribution is 2.27. The molecule has 88 valence electrons. The van der Waals surface area contributed by atoms with Crippen molar-refractivity contribution in [3.8, 4) is 0 Å². The first-order valence-corrected chi connectivity index (χ1v) is 7.26. The smallest absolute Gasteiger partial charge is 0.0171 e. The molecule has 2 saturated heterocycles. The Balaban J connectivity index is 1.79. The molecule has 15 heavy (non-hydrogen) atoms. The van der Waals surface area contributed by atoms with Crippen molar-refractivity contribution in [1.82, 2.24) is 10.2 Å². The third kappa shape index (κ3) is 3.11. The molecule has 0 aliphatic carbocycles. The van der Waals surface area contributed by atoms with E-state index in [1.165, 1.54) is 31.7 Å². The minimum absolute atomic E-state index is 0.761. The van der Waals surface area contributed by atoms with Crippen molar-refractivity contribution in [2.75, 3.05) is 25.9 Å². The molecule has 4 unspecified atom stereocenters. The monoisotopic (exact) mass is 228 g/mol. The van der Waals surface area contributed by atoms with E-state index in [1.807, 2.05) is 0 Å². The molecule has 0 saturated carbocycles. The average molecular weight is 228 g/mol. The Labute approximate surface area is 98.2 Å². The Morgan fingerprint density at radius 2 is 2.13 bits per heavy atom. The van der Waals surface area contributed by atoms with Gasteiger partial charge in [-0.2, -0.15) is 11.8 Å². The van der Waals surface area contributed by atoms with Crippen molar-refractivity contribution >= 4 is 11.8 Å². The normalized spacial score (nSPS) is 43.4. The van der Waals surface area contributed by atoms with Gasteiger partial charge in [0.15, 0.2) is 0 Å². The highest BCUT2D eigenvalue weighted by molar-refractivity contribution is 8.00. The van der Waals surface area contributed by atoms with Gasteiger partial charge in [0.25, 0.3) is 0 Å². The summed E-state index contributed by atoms with van der Waals surface area (Å²) < 4.78 is 0. The SMILES string of the molecule is CC1CC(NC2CCN(C)CC2C)CS1. The maximum Gasteiger partial charge on any atom is 0.0171 e. The molecule has 3 heteroatoms. The van der Waals surface area contributed by atoms with Crippen LogP contribution in [0.5, 0.6) is 0 Å². The zero-order valence-electron chi connectivity index (χ0n) is 10.2. The molecule has 4 atom stereocenters. The topological polar surface area (TPSA) is 15.3 Å². The number of likely N-dealkylation sites (tertiary alicyclic amines) is 1. The second kappa shape index (κ2) is 5.07. The molecule has 0 amide bonds. The van der Waals surface area contributed by atoms with Gasteiger partial charge in [-0.05, 0) is 32.4 Å². The van der Waals surface area contributed by atoms with Crippen LogP contribution < -0.4 is 5.32 Å². The summed E-state index contributed by atoms with van der Waals surface area (Å²) in [5.74, 6) is 2.13. The van der Waals surface area contributed by atoms with E-state index in [0.717, 1.165) is 23.3 Å². The number of rotatable bonds is 2. The highest BCUT2D eigenvalue weighted by atomic mass is 32.2. The van der Waals surface area contributed by atoms with E-state index in [-0.39, 0.29) is 0 Å². The fraction of sp³-hybridized carbons (Fsp3) is 1.00. The van der Waals surface area contributed by atoms with Crippen LogP contribution in [-0.2, 0) is 0 Å². The van der Waals surface area contributed by atoms with Crippen LogP contribution in [0.3, 0.4) is 0 Å². The number of nitrogens with zero attached hydrogens (tertiary/aromatic N) is 1. The lowest BCUT2D eigenvalue weighted by atomic mass is 9.93. The van der Waals surface area contributed by atoms with Crippen LogP contribution >= 0.6 is 11.8 Å². The Bertz CT molecular complexity index is 210. The second-order valence-corrected chi connectivity index (χ2v) is 6.85. The first kappa shape index (κ1) is 11.7. The molecule has 2 heterocycles. The fourth-order valence-electron chi connectivity index (χ4n) is 2.84. The quantitative estimate of drug-likeness (QED) is 0.776. The zero-order valence-corrected chi connectivity index (χ0v) is 11.0. The van der Waals surface area contributed by atoms with Crippen molar-refractivity contribution in [3.63, 3.8) is 0 Å². The lowest BCUT2D eigenvalue weighted by Crippen LogP contribution is -2.50. The van der Waals surface area contributed by atoms with Crippen LogP contribution in [0.2, 0.25) is 0 Å². The van der Waals surface area contributed by atoms with E-state index in [1.54, 1.807) is 0 Å². The largest absolute Gasteiger partial charge is 0.310 e. The molecule has 1 N–H and O–H groups in total. The van der Waals surface area contributed by atoms with Gasteiger partial charge in [-0.1, -0.05) is 13.8 Å². The summed E-state index contributed by atoms with van der Waals surface area (Å²) >= 11 is 2.12. The highest BCUT2D eigenvalue weighted by Gasteiger charge is 2.29. The van der Waals surface area contributed by atoms with Crippen LogP contribution in [0.15, 0.2) is 0 Å². The third-order valence-corrected chi connectivity index (χ3v) is 5.11. The molecule has 0 radical (unpaired) electrons. The first-order chi connectivity index (χ1) is 7.15. The summed E-state index contributed by atoms with van der Waals surface area (Å²) in [5, 5.41) is 4.74. The summed E-state index contributed by atoms with van der Waals surface area (Å²) in [4.78, 5) is 2.45. The predicted molar refractivity (Wildman–Crippen MR) is 68.5 cm³/mol. The van der Waals surface area contributed by atoms with E-state index >= 15 is 0 Å². The maximum absolute atomic E-state index is 3.87. The van der Waals surface area contributed by atoms with Gasteiger partial charge in [-0.25, -0.2) is 0 Å². The minimum atomic E-state index is 0.761. The minimum Gasteiger partial charge on any atom is -0.310 e. The summed E-state index contributed by atoms with van der Waals surface area (Å²) in [6.45, 7) is 7.26. The van der Waals surface area contributed by atoms with Crippen LogP contribution in [0, 0.1) is 5.92 Å². The van der Waals surface area contributed by atoms with Gasteiger partial charge >= 0.3 is 0 Å². The van der Waals surface area contributed by atoms with E-state index in [9.17, 15) is 0 Å². The van der Waals surface area contributed by atoms with Crippen LogP contribution in [0.1, 0.15) is 26.7 Å². The third-order valence-electron chi connectivity index (χ3n) is 3.76. The Kier molecular flexibility index (Phi) is 3.97. The first-order valence-electron chi connectivity index (χ1n) is 6.21. The Morgan fingerprint density at radius 3 is 2.73 bits per heavy atom. The van der Waals surface area contributed by atoms with Crippen molar-refractivity contribution in [1.29, 1.82) is 0 Å². The molecule has 2 aliphatic heterocycles. The summed E-state index contributed by atoms with van der Waals surface area (Å²) in [5.41, 5.74) is 0. The van der Waals surface area contributed by atoms with Crippen molar-refractivity contribution < 1.29 is 0 Å². The van der Waals surface area contributed by atoms with Crippen molar-refractivity contribution in [2.24, 2.45) is 5.92 Å². The second-order valence-electron chi connectivity index (χ2n) is 5.38. The molecular weight excluding hydrogens is 204 g/mol. The fourth-order valence-corrected chi connectivity index (χ4v) is 4.00. The van der Waals surface area contributed by atoms with E-state index in [4.69, 9.17) is 0 Å². The number of piperidine rings is 1. The Morgan fingerprint density at radius 1 is 1.33 bits per heavy atom. The molecule has 2 aliphatic rings. The lowest BCUT2D eigenvalue weighted by Gasteiger charge is -2.36. The van der Waals surface area contributed by atoms with Crippen LogP contribution in [0.4, 0.5) is 0 Å². The standard InChI is InChI=1S/C12H24N2S/c1-9-7-14(3)5-4-12(9)13-11-6-10(2)15-8-11/h9-13H,4-8H2,1-3H3. The van der Waals surface area contributed by atoms with Crippen molar-refractivity contribution in [2.45, 2.75) is 44.0 Å². The molecule has 2 fully saturated rings. The molecule has 2 nitrogen and oxygen atoms in total. The molecule has 0 spiro atoms. The Hall–Kier alpha value is 0.270. The lowest BCUT2D eigenvalue weighted by molar-refractivity contribution is 0.168. The molecule has 0 aromatic carbocycles. The van der Waals surface area contributed by atoms with Gasteiger partial charge in [-0.15, -0.1) is 0 Å². The summed E-state index contributed by atoms with van der Waals surface area (Å²) in [6.07, 6.45) is 2.69. The molecule has 0 aromatic rings. The molecule has 2 rings (SSSR count). The van der Waals surface area contributed by atoms with E-state index < -0.39 is 0 Å². The van der Waals surface area contributed by atoms with Crippen LogP contribution in [-0.4, -0.2) is 48.1 Å². The van der Waals surface area contributed by atoms with Gasteiger partial charge in [0.05, 0.1) is 0 Å². The number of hydrogen-bond donors (Lipinski definition) is 1. The van der Waals surface area contributed by atoms with E-state index in [2.05, 4.69) is 42.9 Å². The summed E-state index contributed by atoms with van der Waals surface area (Å²) in [6, 6.07) is 1.54. The predicted octanol–water partition coefficient (Wildman–Crippen LogP) is 1.81. The molecule has 0 aromatic heterocycles. The molecule has 0 bridgehead atoms. The zero-order chi connectivity index (χ0) is 10.8. The number of nitrogens with one attached hydrogen (secondary N) is 1. The molecular formula is C12H24N2S. The van der Waals surface area contributed by atoms with Gasteiger partial charge in [0, 0.05) is 29.6 Å². The van der Waals surface area contributed by atoms with Gasteiger partial charge in [0.2, 0.25) is 0 Å². The maximum atomic E-state index is 3.87. The van der Waals surface area contributed by atoms with Crippen LogP contribution in [0.25, 0.3) is 0 Å². The van der Waals surface area contributed by atoms with E-state index in [0.29, 0.717) is 0 Å². The number of hydrogen-bond acceptors (Lipinski definition) is 3. The van der Waals surface area contributed by atoms with Gasteiger partial charge < -0.3 is 10.2 Å². The van der Waals surface area contributed by atoms with Gasteiger partial charge in [0.1, 0.15) is 0 Å².